The van der Waals surface area contributed by atoms with E-state index in [9.17, 15) is 4.79 Å². The van der Waals surface area contributed by atoms with Gasteiger partial charge in [-0.05, 0) is 25.5 Å². The van der Waals surface area contributed by atoms with E-state index in [2.05, 4.69) is 22.7 Å². The fourth-order valence-corrected chi connectivity index (χ4v) is 2.32. The molecule has 112 valence electrons. The Hall–Kier alpha value is -2.14. The third-order valence-electron chi connectivity index (χ3n) is 3.48. The number of unbranched alkanes of at least 4 members (excludes halogenated alkanes) is 1. The molecule has 21 heavy (non-hydrogen) atoms. The van der Waals surface area contributed by atoms with Crippen molar-refractivity contribution in [3.63, 3.8) is 0 Å². The minimum Gasteiger partial charge on any atom is -0.350 e. The largest absolute Gasteiger partial charge is 0.350 e. The summed E-state index contributed by atoms with van der Waals surface area (Å²) in [6, 6.07) is 9.39. The van der Waals surface area contributed by atoms with Gasteiger partial charge in [0.2, 0.25) is 0 Å². The van der Waals surface area contributed by atoms with E-state index in [-0.39, 0.29) is 11.9 Å². The molecule has 1 atom stereocenters. The second-order valence-corrected chi connectivity index (χ2v) is 5.23. The predicted molar refractivity (Wildman–Crippen MR) is 86.0 cm³/mol. The Bertz CT molecular complexity index is 627. The number of fused-ring (bicyclic) bond motifs is 1. The minimum absolute atomic E-state index is 0.0892. The molecule has 0 aliphatic rings. The van der Waals surface area contributed by atoms with Crippen LogP contribution in [0, 0.1) is 0 Å². The van der Waals surface area contributed by atoms with Gasteiger partial charge in [0.15, 0.2) is 0 Å². The zero-order valence-electron chi connectivity index (χ0n) is 12.5. The molecule has 0 radical (unpaired) electrons. The summed E-state index contributed by atoms with van der Waals surface area (Å²) >= 11 is 0. The van der Waals surface area contributed by atoms with Crippen molar-refractivity contribution < 1.29 is 4.79 Å². The van der Waals surface area contributed by atoms with Gasteiger partial charge in [0.05, 0.1) is 11.1 Å². The summed E-state index contributed by atoms with van der Waals surface area (Å²) in [5, 5.41) is 3.87. The highest BCUT2D eigenvalue weighted by atomic mass is 16.1. The molecule has 1 aromatic carbocycles. The van der Waals surface area contributed by atoms with Gasteiger partial charge in [0, 0.05) is 11.4 Å². The molecule has 2 rings (SSSR count). The molecule has 0 aliphatic heterocycles. The Morgan fingerprint density at radius 1 is 1.38 bits per heavy atom. The van der Waals surface area contributed by atoms with Crippen LogP contribution in [-0.4, -0.2) is 16.9 Å². The number of rotatable bonds is 6. The molecule has 0 bridgehead atoms. The number of nitrogens with one attached hydrogen (secondary N) is 2. The Morgan fingerprint density at radius 3 is 2.86 bits per heavy atom. The lowest BCUT2D eigenvalue weighted by Gasteiger charge is -2.15. The average Bonchev–Trinajstić information content (AvgIpc) is 2.51. The number of para-hydroxylation sites is 1. The lowest BCUT2D eigenvalue weighted by Crippen LogP contribution is -2.32. The van der Waals surface area contributed by atoms with Crippen LogP contribution in [-0.2, 0) is 0 Å². The van der Waals surface area contributed by atoms with Gasteiger partial charge in [0.1, 0.15) is 5.82 Å². The molecule has 1 unspecified atom stereocenters. The summed E-state index contributed by atoms with van der Waals surface area (Å²) in [6.07, 6.45) is 3.21. The Kier molecular flexibility index (Phi) is 5.11. The molecule has 0 saturated carbocycles. The van der Waals surface area contributed by atoms with Gasteiger partial charge in [-0.3, -0.25) is 4.79 Å². The first kappa shape index (κ1) is 15.3. The molecule has 0 fully saturated rings. The van der Waals surface area contributed by atoms with E-state index in [0.717, 1.165) is 30.2 Å². The summed E-state index contributed by atoms with van der Waals surface area (Å²) < 4.78 is 0. The summed E-state index contributed by atoms with van der Waals surface area (Å²) in [7, 11) is 0. The number of nitrogen functional groups attached to an aromatic ring is 1. The number of pyridine rings is 1. The number of nitrogens with two attached hydrogens (primary N) is 1. The van der Waals surface area contributed by atoms with Crippen molar-refractivity contribution in [2.24, 2.45) is 5.84 Å². The van der Waals surface area contributed by atoms with E-state index in [1.165, 1.54) is 0 Å². The second kappa shape index (κ2) is 7.04. The van der Waals surface area contributed by atoms with Crippen LogP contribution in [0.3, 0.4) is 0 Å². The molecule has 4 N–H and O–H groups in total. The molecule has 1 heterocycles. The Balaban J connectivity index is 2.29. The summed E-state index contributed by atoms with van der Waals surface area (Å²) in [5.41, 5.74) is 3.85. The fraction of sp³-hybridized carbons (Fsp3) is 0.375. The van der Waals surface area contributed by atoms with E-state index in [0.29, 0.717) is 11.4 Å². The van der Waals surface area contributed by atoms with Gasteiger partial charge in [-0.15, -0.1) is 0 Å². The predicted octanol–water partition coefficient (Wildman–Crippen LogP) is 2.83. The maximum absolute atomic E-state index is 12.5. The van der Waals surface area contributed by atoms with E-state index < -0.39 is 0 Å². The number of hydrazine groups is 1. The Labute approximate surface area is 124 Å². The summed E-state index contributed by atoms with van der Waals surface area (Å²) in [4.78, 5) is 16.8. The van der Waals surface area contributed by atoms with E-state index in [1.807, 2.05) is 31.2 Å². The van der Waals surface area contributed by atoms with Crippen molar-refractivity contribution in [2.75, 3.05) is 5.43 Å². The average molecular weight is 286 g/mol. The Morgan fingerprint density at radius 2 is 2.14 bits per heavy atom. The van der Waals surface area contributed by atoms with Crippen molar-refractivity contribution in [2.45, 2.75) is 39.2 Å². The molecule has 5 heteroatoms. The third kappa shape index (κ3) is 3.70. The smallest absolute Gasteiger partial charge is 0.252 e. The van der Waals surface area contributed by atoms with Gasteiger partial charge in [-0.1, -0.05) is 38.0 Å². The summed E-state index contributed by atoms with van der Waals surface area (Å²) in [6.45, 7) is 4.17. The lowest BCUT2D eigenvalue weighted by molar-refractivity contribution is 0.0939. The first-order valence-corrected chi connectivity index (χ1v) is 7.33. The van der Waals surface area contributed by atoms with Crippen LogP contribution >= 0.6 is 0 Å². The molecule has 2 aromatic rings. The first-order chi connectivity index (χ1) is 10.2. The van der Waals surface area contributed by atoms with Crippen LogP contribution < -0.4 is 16.6 Å². The molecule has 5 nitrogen and oxygen atoms in total. The van der Waals surface area contributed by atoms with Gasteiger partial charge in [-0.25, -0.2) is 10.8 Å². The quantitative estimate of drug-likeness (QED) is 0.563. The number of amides is 1. The number of nitrogens with zero attached hydrogens (tertiary/aromatic N) is 1. The van der Waals surface area contributed by atoms with Crippen LogP contribution in [0.4, 0.5) is 5.82 Å². The first-order valence-electron chi connectivity index (χ1n) is 7.33. The van der Waals surface area contributed by atoms with Gasteiger partial charge in [0.25, 0.3) is 5.91 Å². The highest BCUT2D eigenvalue weighted by Gasteiger charge is 2.14. The second-order valence-electron chi connectivity index (χ2n) is 5.23. The van der Waals surface area contributed by atoms with Crippen molar-refractivity contribution in [1.82, 2.24) is 10.3 Å². The SMILES string of the molecule is CCCCC(C)NC(=O)c1cc(NN)nc2ccccc12. The topological polar surface area (TPSA) is 80.0 Å². The maximum Gasteiger partial charge on any atom is 0.252 e. The molecule has 0 spiro atoms. The standard InChI is InChI=1S/C16H22N4O/c1-3-4-7-11(2)18-16(21)13-10-15(20-17)19-14-9-6-5-8-12(13)14/h5-6,8-11H,3-4,7,17H2,1-2H3,(H,18,21)(H,19,20). The van der Waals surface area contributed by atoms with Crippen molar-refractivity contribution in [3.8, 4) is 0 Å². The van der Waals surface area contributed by atoms with Crippen LogP contribution in [0.15, 0.2) is 30.3 Å². The van der Waals surface area contributed by atoms with Crippen LogP contribution in [0.25, 0.3) is 10.9 Å². The monoisotopic (exact) mass is 286 g/mol. The number of benzene rings is 1. The fourth-order valence-electron chi connectivity index (χ4n) is 2.32. The van der Waals surface area contributed by atoms with E-state index in [4.69, 9.17) is 5.84 Å². The van der Waals surface area contributed by atoms with Crippen molar-refractivity contribution >= 4 is 22.6 Å². The van der Waals surface area contributed by atoms with Gasteiger partial charge in [-0.2, -0.15) is 0 Å². The number of carbonyl (C=O) groups is 1. The lowest BCUT2D eigenvalue weighted by atomic mass is 10.1. The zero-order valence-corrected chi connectivity index (χ0v) is 12.5. The minimum atomic E-state index is -0.0892. The normalized spacial score (nSPS) is 12.1. The zero-order chi connectivity index (χ0) is 15.2. The maximum atomic E-state index is 12.5. The van der Waals surface area contributed by atoms with Crippen LogP contribution in [0.2, 0.25) is 0 Å². The van der Waals surface area contributed by atoms with Crippen molar-refractivity contribution in [3.05, 3.63) is 35.9 Å². The van der Waals surface area contributed by atoms with Crippen LogP contribution in [0.1, 0.15) is 43.5 Å². The molecule has 1 aromatic heterocycles. The van der Waals surface area contributed by atoms with Crippen LogP contribution in [0.5, 0.6) is 0 Å². The number of hydrogen-bond donors (Lipinski definition) is 3. The van der Waals surface area contributed by atoms with E-state index in [1.54, 1.807) is 6.07 Å². The highest BCUT2D eigenvalue weighted by molar-refractivity contribution is 6.07. The van der Waals surface area contributed by atoms with Gasteiger partial charge >= 0.3 is 0 Å². The molecule has 1 amide bonds. The third-order valence-corrected chi connectivity index (χ3v) is 3.48. The number of anilines is 1. The number of carbonyl (C=O) groups excluding carboxylic acids is 1. The molecule has 0 aliphatic carbocycles. The molecule has 0 saturated heterocycles. The number of aromatic nitrogens is 1. The summed E-state index contributed by atoms with van der Waals surface area (Å²) in [5.74, 6) is 5.83. The van der Waals surface area contributed by atoms with E-state index >= 15 is 0 Å². The highest BCUT2D eigenvalue weighted by Crippen LogP contribution is 2.20. The van der Waals surface area contributed by atoms with Crippen molar-refractivity contribution in [1.29, 1.82) is 0 Å². The molecular weight excluding hydrogens is 264 g/mol. The molecular formula is C16H22N4O. The van der Waals surface area contributed by atoms with Gasteiger partial charge < -0.3 is 10.7 Å². The number of hydrogen-bond acceptors (Lipinski definition) is 4.